The number of phenols is 1. The van der Waals surface area contributed by atoms with Crippen LogP contribution < -0.4 is 16.4 Å². The van der Waals surface area contributed by atoms with Gasteiger partial charge in [0.25, 0.3) is 5.91 Å². The fourth-order valence-corrected chi connectivity index (χ4v) is 3.40. The van der Waals surface area contributed by atoms with Crippen LogP contribution in [0.2, 0.25) is 0 Å². The van der Waals surface area contributed by atoms with Crippen molar-refractivity contribution in [1.82, 2.24) is 15.6 Å². The number of hydrogen-bond acceptors (Lipinski definition) is 6. The Kier molecular flexibility index (Phi) is 7.45. The maximum atomic E-state index is 12.6. The van der Waals surface area contributed by atoms with Crippen LogP contribution in [0, 0.1) is 0 Å². The van der Waals surface area contributed by atoms with E-state index in [2.05, 4.69) is 29.5 Å². The Morgan fingerprint density at radius 1 is 1.09 bits per heavy atom. The average Bonchev–Trinajstić information content (AvgIpc) is 2.77. The van der Waals surface area contributed by atoms with E-state index in [4.69, 9.17) is 5.73 Å². The molecule has 0 saturated heterocycles. The molecule has 32 heavy (non-hydrogen) atoms. The number of nitrogens with one attached hydrogen (secondary N) is 2. The molecule has 1 heterocycles. The van der Waals surface area contributed by atoms with Crippen molar-refractivity contribution in [3.8, 4) is 5.75 Å². The van der Waals surface area contributed by atoms with Crippen LogP contribution in [0.15, 0.2) is 66.9 Å². The molecule has 0 fully saturated rings. The molecule has 0 aliphatic heterocycles. The van der Waals surface area contributed by atoms with E-state index in [0.717, 1.165) is 11.1 Å². The number of aromatic hydroxyl groups is 1. The number of nitrogens with zero attached hydrogens (tertiary/aromatic N) is 1. The van der Waals surface area contributed by atoms with Gasteiger partial charge in [-0.2, -0.15) is 0 Å². The fourth-order valence-electron chi connectivity index (χ4n) is 3.40. The van der Waals surface area contributed by atoms with Crippen molar-refractivity contribution in [1.29, 1.82) is 0 Å². The van der Waals surface area contributed by atoms with Crippen LogP contribution in [-0.4, -0.2) is 33.2 Å². The first kappa shape index (κ1) is 23.2. The Hall–Kier alpha value is -3.42. The molecule has 7 nitrogen and oxygen atoms in total. The highest BCUT2D eigenvalue weighted by Gasteiger charge is 2.20. The largest absolute Gasteiger partial charge is 0.508 e. The number of benzene rings is 2. The lowest BCUT2D eigenvalue weighted by Crippen LogP contribution is -2.43. The van der Waals surface area contributed by atoms with Gasteiger partial charge in [0, 0.05) is 36.0 Å². The normalized spacial score (nSPS) is 12.3. The van der Waals surface area contributed by atoms with Gasteiger partial charge in [-0.25, -0.2) is 4.98 Å². The van der Waals surface area contributed by atoms with Crippen LogP contribution >= 0.6 is 0 Å². The van der Waals surface area contributed by atoms with Crippen molar-refractivity contribution in [3.05, 3.63) is 89.1 Å². The van der Waals surface area contributed by atoms with Gasteiger partial charge < -0.3 is 26.6 Å². The molecule has 168 valence electrons. The maximum Gasteiger partial charge on any atom is 0.251 e. The summed E-state index contributed by atoms with van der Waals surface area (Å²) in [5.41, 5.74) is 8.51. The van der Waals surface area contributed by atoms with E-state index in [1.807, 2.05) is 18.2 Å². The minimum Gasteiger partial charge on any atom is -0.508 e. The number of anilines is 1. The first-order chi connectivity index (χ1) is 15.2. The first-order valence-corrected chi connectivity index (χ1v) is 10.5. The zero-order valence-corrected chi connectivity index (χ0v) is 18.4. The van der Waals surface area contributed by atoms with Gasteiger partial charge in [0.15, 0.2) is 0 Å². The zero-order chi connectivity index (χ0) is 23.1. The third-order valence-electron chi connectivity index (χ3n) is 5.19. The Morgan fingerprint density at radius 3 is 2.53 bits per heavy atom. The number of aliphatic hydroxyl groups is 1. The number of hydrogen-bond donors (Lipinski definition) is 5. The van der Waals surface area contributed by atoms with E-state index < -0.39 is 6.10 Å². The topological polar surface area (TPSA) is 120 Å². The Morgan fingerprint density at radius 2 is 1.84 bits per heavy atom. The number of carbonyl (C=O) groups is 1. The quantitative estimate of drug-likeness (QED) is 0.353. The number of nitrogen functional groups attached to an aromatic ring is 1. The number of pyridine rings is 1. The number of amides is 1. The second-order valence-corrected chi connectivity index (χ2v) is 8.52. The minimum atomic E-state index is -0.695. The average molecular weight is 435 g/mol. The first-order valence-electron chi connectivity index (χ1n) is 10.5. The van der Waals surface area contributed by atoms with Gasteiger partial charge in [0.2, 0.25) is 0 Å². The molecule has 1 atom stereocenters. The number of β-amino-alcohol motifs (C(OH)–C–C–N with tert-alkyl or cyclic N) is 1. The highest BCUT2D eigenvalue weighted by atomic mass is 16.3. The number of phenolic OH excluding ortho intramolecular Hbond substituents is 1. The van der Waals surface area contributed by atoms with Gasteiger partial charge in [-0.05, 0) is 61.7 Å². The van der Waals surface area contributed by atoms with E-state index in [0.29, 0.717) is 36.5 Å². The van der Waals surface area contributed by atoms with E-state index >= 15 is 0 Å². The van der Waals surface area contributed by atoms with Gasteiger partial charge in [0.05, 0.1) is 6.10 Å². The molecular weight excluding hydrogens is 404 g/mol. The Balaban J connectivity index is 1.55. The smallest absolute Gasteiger partial charge is 0.251 e. The summed E-state index contributed by atoms with van der Waals surface area (Å²) in [6, 6.07) is 17.7. The van der Waals surface area contributed by atoms with Crippen LogP contribution in [0.3, 0.4) is 0 Å². The number of rotatable bonds is 9. The molecule has 0 aliphatic rings. The summed E-state index contributed by atoms with van der Waals surface area (Å²) >= 11 is 0. The molecule has 1 amide bonds. The maximum absolute atomic E-state index is 12.6. The molecule has 1 aromatic heterocycles. The molecule has 0 saturated carbocycles. The lowest BCUT2D eigenvalue weighted by molar-refractivity contribution is 0.0950. The molecular formula is C25H30N4O3. The highest BCUT2D eigenvalue weighted by Crippen LogP contribution is 2.18. The summed E-state index contributed by atoms with van der Waals surface area (Å²) in [7, 11) is 0. The van der Waals surface area contributed by atoms with Crippen molar-refractivity contribution in [3.63, 3.8) is 0 Å². The molecule has 3 rings (SSSR count). The monoisotopic (exact) mass is 434 g/mol. The molecule has 3 aromatic rings. The molecule has 0 spiro atoms. The number of carbonyl (C=O) groups excluding carboxylic acids is 1. The fraction of sp³-hybridized carbons (Fsp3) is 0.280. The minimum absolute atomic E-state index is 0.156. The standard InChI is InChI=1S/C25H30N4O3/c1-25(2,29-16-22(31)20-8-11-23(26)27-15-20)13-18-4-3-5-19(12-18)24(32)28-14-17-6-9-21(30)10-7-17/h3-12,15,22,29-31H,13-14,16H2,1-2H3,(H2,26,27)(H,28,32)/t22-/m1/s1. The predicted octanol–water partition coefficient (Wildman–Crippen LogP) is 2.94. The highest BCUT2D eigenvalue weighted by molar-refractivity contribution is 5.94. The lowest BCUT2D eigenvalue weighted by atomic mass is 9.93. The molecule has 7 heteroatoms. The summed E-state index contributed by atoms with van der Waals surface area (Å²) in [4.78, 5) is 16.6. The second kappa shape index (κ2) is 10.3. The number of aliphatic hydroxyl groups excluding tert-OH is 1. The summed E-state index contributed by atoms with van der Waals surface area (Å²) in [6.07, 6.45) is 1.56. The summed E-state index contributed by atoms with van der Waals surface area (Å²) in [5.74, 6) is 0.458. The van der Waals surface area contributed by atoms with Gasteiger partial charge >= 0.3 is 0 Å². The van der Waals surface area contributed by atoms with Gasteiger partial charge in [-0.3, -0.25) is 4.79 Å². The number of aromatic nitrogens is 1. The Bertz CT molecular complexity index is 1030. The van der Waals surface area contributed by atoms with E-state index in [1.54, 1.807) is 48.7 Å². The van der Waals surface area contributed by atoms with E-state index in [-0.39, 0.29) is 17.2 Å². The predicted molar refractivity (Wildman–Crippen MR) is 125 cm³/mol. The molecule has 0 radical (unpaired) electrons. The van der Waals surface area contributed by atoms with Crippen molar-refractivity contribution in [2.75, 3.05) is 12.3 Å². The van der Waals surface area contributed by atoms with E-state index in [1.165, 1.54) is 0 Å². The molecule has 0 aliphatic carbocycles. The van der Waals surface area contributed by atoms with Crippen molar-refractivity contribution < 1.29 is 15.0 Å². The third-order valence-corrected chi connectivity index (χ3v) is 5.19. The molecule has 6 N–H and O–H groups in total. The van der Waals surface area contributed by atoms with Gasteiger partial charge in [-0.15, -0.1) is 0 Å². The third kappa shape index (κ3) is 6.80. The summed E-state index contributed by atoms with van der Waals surface area (Å²) in [5, 5.41) is 26.1. The second-order valence-electron chi connectivity index (χ2n) is 8.52. The van der Waals surface area contributed by atoms with Crippen LogP contribution in [0.1, 0.15) is 47.0 Å². The molecule has 2 aromatic carbocycles. The Labute approximate surface area is 188 Å². The van der Waals surface area contributed by atoms with Gasteiger partial charge in [-0.1, -0.05) is 30.3 Å². The van der Waals surface area contributed by atoms with Crippen molar-refractivity contribution in [2.45, 2.75) is 38.5 Å². The summed E-state index contributed by atoms with van der Waals surface area (Å²) in [6.45, 7) is 4.86. The van der Waals surface area contributed by atoms with Crippen LogP contribution in [-0.2, 0) is 13.0 Å². The van der Waals surface area contributed by atoms with Gasteiger partial charge in [0.1, 0.15) is 11.6 Å². The molecule has 0 unspecified atom stereocenters. The van der Waals surface area contributed by atoms with Crippen molar-refractivity contribution >= 4 is 11.7 Å². The zero-order valence-electron chi connectivity index (χ0n) is 18.4. The lowest BCUT2D eigenvalue weighted by Gasteiger charge is -2.28. The van der Waals surface area contributed by atoms with E-state index in [9.17, 15) is 15.0 Å². The van der Waals surface area contributed by atoms with Crippen molar-refractivity contribution in [2.24, 2.45) is 0 Å². The van der Waals surface area contributed by atoms with Crippen LogP contribution in [0.25, 0.3) is 0 Å². The van der Waals surface area contributed by atoms with Crippen LogP contribution in [0.5, 0.6) is 5.75 Å². The summed E-state index contributed by atoms with van der Waals surface area (Å²) < 4.78 is 0. The molecule has 0 bridgehead atoms. The van der Waals surface area contributed by atoms with Crippen LogP contribution in [0.4, 0.5) is 5.82 Å². The number of nitrogens with two attached hydrogens (primary N) is 1. The SMILES string of the molecule is CC(C)(Cc1cccc(C(=O)NCc2ccc(O)cc2)c1)NC[C@@H](O)c1ccc(N)nc1.